The maximum atomic E-state index is 10.6. The summed E-state index contributed by atoms with van der Waals surface area (Å²) >= 11 is 4.02. The second-order valence-electron chi connectivity index (χ2n) is 8.89. The van der Waals surface area contributed by atoms with Gasteiger partial charge in [-0.15, -0.1) is 11.8 Å². The van der Waals surface area contributed by atoms with E-state index in [0.29, 0.717) is 5.25 Å². The van der Waals surface area contributed by atoms with E-state index in [1.165, 1.54) is 16.0 Å². The van der Waals surface area contributed by atoms with Gasteiger partial charge in [-0.1, -0.05) is 65.4 Å². The van der Waals surface area contributed by atoms with Crippen molar-refractivity contribution in [2.45, 2.75) is 71.6 Å². The van der Waals surface area contributed by atoms with Gasteiger partial charge in [0.25, 0.3) is 0 Å². The Kier molecular flexibility index (Phi) is 6.50. The first-order valence-corrected chi connectivity index (χ1v) is 12.3. The number of aliphatic hydroxyl groups is 3. The van der Waals surface area contributed by atoms with Gasteiger partial charge < -0.3 is 20.1 Å². The summed E-state index contributed by atoms with van der Waals surface area (Å²) in [6.07, 6.45) is 6.32. The molecule has 2 heterocycles. The molecule has 0 aromatic heterocycles. The van der Waals surface area contributed by atoms with Crippen molar-refractivity contribution in [2.75, 3.05) is 6.61 Å². The molecule has 0 saturated carbocycles. The van der Waals surface area contributed by atoms with Crippen LogP contribution in [0.15, 0.2) is 46.9 Å². The molecule has 0 bridgehead atoms. The lowest BCUT2D eigenvalue weighted by atomic mass is 9.73. The molecule has 1 saturated heterocycles. The van der Waals surface area contributed by atoms with E-state index in [0.717, 1.165) is 24.8 Å². The molecule has 1 aliphatic carbocycles. The van der Waals surface area contributed by atoms with Gasteiger partial charge in [-0.05, 0) is 48.8 Å². The quantitative estimate of drug-likeness (QED) is 0.412. The molecule has 2 aliphatic heterocycles. The van der Waals surface area contributed by atoms with Crippen molar-refractivity contribution in [1.29, 1.82) is 0 Å². The molecule has 6 heteroatoms. The number of rotatable bonds is 4. The van der Waals surface area contributed by atoms with Crippen LogP contribution in [-0.2, 0) is 11.2 Å². The Hall–Kier alpha value is -0.380. The van der Waals surface area contributed by atoms with E-state index >= 15 is 0 Å². The molecule has 1 fully saturated rings. The van der Waals surface area contributed by atoms with Gasteiger partial charge in [-0.2, -0.15) is 0 Å². The standard InChI is InChI=1S/C23H29IO4S/c1-13-5-6-18-15(8-13)9-16(29-18)11-23(2)7-3-4-14(10-23)22-21(27)20(26)19(24)17(12-25)28-22/h3-8,16-17,19-22,25-27H,9-12H2,1-2H3/t16?,17?,19?,20?,21-,22?,23?/m1/s1. The number of aliphatic hydroxyl groups excluding tert-OH is 3. The molecule has 0 amide bonds. The SMILES string of the molecule is Cc1ccc2c(c1)CC(CC1(C)C=CC=C(C3OC(CO)C(I)C(O)[C@H]3O)C1)S2. The smallest absolute Gasteiger partial charge is 0.111 e. The van der Waals surface area contributed by atoms with Crippen LogP contribution < -0.4 is 0 Å². The maximum Gasteiger partial charge on any atom is 0.111 e. The fourth-order valence-corrected chi connectivity index (χ4v) is 7.14. The molecule has 6 unspecified atom stereocenters. The summed E-state index contributed by atoms with van der Waals surface area (Å²) in [5.74, 6) is 0. The highest BCUT2D eigenvalue weighted by Crippen LogP contribution is 2.47. The Bertz CT molecular complexity index is 823. The number of ether oxygens (including phenoxy) is 1. The van der Waals surface area contributed by atoms with Crippen LogP contribution in [0.3, 0.4) is 0 Å². The van der Waals surface area contributed by atoms with Gasteiger partial charge in [-0.25, -0.2) is 0 Å². The number of hydrogen-bond acceptors (Lipinski definition) is 5. The van der Waals surface area contributed by atoms with Crippen molar-refractivity contribution in [3.05, 3.63) is 53.1 Å². The molecule has 0 spiro atoms. The molecule has 29 heavy (non-hydrogen) atoms. The Morgan fingerprint density at radius 1 is 1.28 bits per heavy atom. The van der Waals surface area contributed by atoms with E-state index in [2.05, 4.69) is 66.8 Å². The van der Waals surface area contributed by atoms with Crippen molar-refractivity contribution in [1.82, 2.24) is 0 Å². The van der Waals surface area contributed by atoms with Gasteiger partial charge in [0.15, 0.2) is 0 Å². The highest BCUT2D eigenvalue weighted by atomic mass is 127. The Morgan fingerprint density at radius 3 is 2.83 bits per heavy atom. The molecule has 158 valence electrons. The monoisotopic (exact) mass is 528 g/mol. The third-order valence-corrected chi connectivity index (χ3v) is 9.13. The van der Waals surface area contributed by atoms with Crippen LogP contribution in [0, 0.1) is 12.3 Å². The second-order valence-corrected chi connectivity index (χ2v) is 11.7. The fourth-order valence-electron chi connectivity index (χ4n) is 4.79. The number of thioether (sulfide) groups is 1. The maximum absolute atomic E-state index is 10.6. The second kappa shape index (κ2) is 8.63. The summed E-state index contributed by atoms with van der Waals surface area (Å²) in [5, 5.41) is 31.2. The van der Waals surface area contributed by atoms with Gasteiger partial charge in [-0.3, -0.25) is 0 Å². The minimum Gasteiger partial charge on any atom is -0.394 e. The first-order valence-electron chi connectivity index (χ1n) is 10.2. The molecule has 1 aromatic rings. The van der Waals surface area contributed by atoms with Crippen LogP contribution in [-0.4, -0.2) is 55.5 Å². The van der Waals surface area contributed by atoms with Crippen molar-refractivity contribution < 1.29 is 20.1 Å². The number of halogens is 1. The lowest BCUT2D eigenvalue weighted by Crippen LogP contribution is -2.57. The van der Waals surface area contributed by atoms with E-state index in [9.17, 15) is 15.3 Å². The number of benzene rings is 1. The van der Waals surface area contributed by atoms with Gasteiger partial charge in [0.2, 0.25) is 0 Å². The highest BCUT2D eigenvalue weighted by molar-refractivity contribution is 14.1. The van der Waals surface area contributed by atoms with Crippen LogP contribution >= 0.6 is 34.4 Å². The number of hydrogen-bond donors (Lipinski definition) is 3. The van der Waals surface area contributed by atoms with E-state index < -0.39 is 24.4 Å². The minimum atomic E-state index is -0.977. The zero-order chi connectivity index (χ0) is 20.8. The summed E-state index contributed by atoms with van der Waals surface area (Å²) in [7, 11) is 0. The summed E-state index contributed by atoms with van der Waals surface area (Å²) in [5.41, 5.74) is 3.74. The van der Waals surface area contributed by atoms with Crippen LogP contribution in [0.4, 0.5) is 0 Å². The predicted octanol–water partition coefficient (Wildman–Crippen LogP) is 3.58. The van der Waals surface area contributed by atoms with Crippen molar-refractivity contribution in [3.63, 3.8) is 0 Å². The van der Waals surface area contributed by atoms with Crippen molar-refractivity contribution >= 4 is 34.4 Å². The van der Waals surface area contributed by atoms with Gasteiger partial charge >= 0.3 is 0 Å². The molecule has 3 N–H and O–H groups in total. The van der Waals surface area contributed by atoms with E-state index in [-0.39, 0.29) is 15.9 Å². The number of allylic oxidation sites excluding steroid dienone is 3. The molecular weight excluding hydrogens is 499 g/mol. The minimum absolute atomic E-state index is 0.0250. The van der Waals surface area contributed by atoms with Crippen molar-refractivity contribution in [3.8, 4) is 0 Å². The molecule has 4 nitrogen and oxygen atoms in total. The molecule has 7 atom stereocenters. The summed E-state index contributed by atoms with van der Waals surface area (Å²) in [6, 6.07) is 6.72. The van der Waals surface area contributed by atoms with Gasteiger partial charge in [0.05, 0.1) is 22.7 Å². The first-order chi connectivity index (χ1) is 13.8. The Balaban J connectivity index is 1.45. The predicted molar refractivity (Wildman–Crippen MR) is 125 cm³/mol. The summed E-state index contributed by atoms with van der Waals surface area (Å²) in [6.45, 7) is 4.25. The van der Waals surface area contributed by atoms with Crippen LogP contribution in [0.2, 0.25) is 0 Å². The van der Waals surface area contributed by atoms with E-state index in [4.69, 9.17) is 4.74 Å². The van der Waals surface area contributed by atoms with E-state index in [1.54, 1.807) is 0 Å². The highest BCUT2D eigenvalue weighted by Gasteiger charge is 2.45. The zero-order valence-electron chi connectivity index (χ0n) is 16.8. The van der Waals surface area contributed by atoms with Crippen LogP contribution in [0.1, 0.15) is 30.9 Å². The topological polar surface area (TPSA) is 69.9 Å². The number of alkyl halides is 1. The third-order valence-electron chi connectivity index (χ3n) is 6.28. The van der Waals surface area contributed by atoms with Gasteiger partial charge in [0.1, 0.15) is 12.2 Å². The van der Waals surface area contributed by atoms with Gasteiger partial charge in [0, 0.05) is 10.1 Å². The summed E-state index contributed by atoms with van der Waals surface area (Å²) in [4.78, 5) is 1.40. The summed E-state index contributed by atoms with van der Waals surface area (Å²) < 4.78 is 5.70. The number of fused-ring (bicyclic) bond motifs is 1. The largest absolute Gasteiger partial charge is 0.394 e. The van der Waals surface area contributed by atoms with Crippen LogP contribution in [0.25, 0.3) is 0 Å². The average Bonchev–Trinajstić information content (AvgIpc) is 3.07. The van der Waals surface area contributed by atoms with Crippen LogP contribution in [0.5, 0.6) is 0 Å². The molecule has 1 aromatic carbocycles. The van der Waals surface area contributed by atoms with E-state index in [1.807, 2.05) is 17.8 Å². The lowest BCUT2D eigenvalue weighted by molar-refractivity contribution is -0.157. The fraction of sp³-hybridized carbons (Fsp3) is 0.565. The first kappa shape index (κ1) is 21.8. The van der Waals surface area contributed by atoms with Crippen molar-refractivity contribution in [2.24, 2.45) is 5.41 Å². The molecule has 0 radical (unpaired) electrons. The zero-order valence-corrected chi connectivity index (χ0v) is 19.8. The third kappa shape index (κ3) is 4.48. The Labute approximate surface area is 190 Å². The lowest BCUT2D eigenvalue weighted by Gasteiger charge is -2.43. The Morgan fingerprint density at radius 2 is 2.07 bits per heavy atom. The molecule has 4 rings (SSSR count). The molecular formula is C23H29IO4S. The normalized spacial score (nSPS) is 39.3. The average molecular weight is 528 g/mol. The number of aryl methyl sites for hydroxylation is 1. The molecule has 3 aliphatic rings.